The Morgan fingerprint density at radius 3 is 2.58 bits per heavy atom. The maximum atomic E-state index is 12.5. The normalized spacial score (nSPS) is 27.3. The Labute approximate surface area is 154 Å². The molecule has 1 heterocycles. The van der Waals surface area contributed by atoms with Crippen molar-refractivity contribution in [3.05, 3.63) is 35.9 Å². The van der Waals surface area contributed by atoms with E-state index in [2.05, 4.69) is 12.2 Å². The Morgan fingerprint density at radius 1 is 1.27 bits per heavy atom. The summed E-state index contributed by atoms with van der Waals surface area (Å²) < 4.78 is 10.8. The summed E-state index contributed by atoms with van der Waals surface area (Å²) in [5.41, 5.74) is 0.0180. The van der Waals surface area contributed by atoms with Gasteiger partial charge in [-0.15, -0.1) is 0 Å². The van der Waals surface area contributed by atoms with E-state index in [4.69, 9.17) is 9.47 Å². The number of carbonyl (C=O) groups excluding carboxylic acids is 2. The van der Waals surface area contributed by atoms with Gasteiger partial charge >= 0.3 is 12.2 Å². The van der Waals surface area contributed by atoms with Gasteiger partial charge < -0.3 is 19.7 Å². The van der Waals surface area contributed by atoms with Crippen molar-refractivity contribution in [2.24, 2.45) is 11.8 Å². The van der Waals surface area contributed by atoms with Crippen LogP contribution in [0.1, 0.15) is 39.7 Å². The Morgan fingerprint density at radius 2 is 1.96 bits per heavy atom. The molecule has 6 heteroatoms. The van der Waals surface area contributed by atoms with Gasteiger partial charge in [-0.2, -0.15) is 0 Å². The van der Waals surface area contributed by atoms with Crippen molar-refractivity contribution in [1.29, 1.82) is 0 Å². The SMILES string of the molecule is C[C@H]1C[C@@]2(NC(=O)OC(C)(C)C)CN(C(=O)OCc3ccccc3)C[C@@H]12. The number of carbonyl (C=O) groups is 2. The smallest absolute Gasteiger partial charge is 0.410 e. The van der Waals surface area contributed by atoms with E-state index in [-0.39, 0.29) is 18.6 Å². The van der Waals surface area contributed by atoms with Crippen LogP contribution in [0, 0.1) is 11.8 Å². The van der Waals surface area contributed by atoms with Crippen LogP contribution in [0.2, 0.25) is 0 Å². The minimum atomic E-state index is -0.543. The van der Waals surface area contributed by atoms with E-state index < -0.39 is 17.2 Å². The minimum absolute atomic E-state index is 0.235. The van der Waals surface area contributed by atoms with Crippen molar-refractivity contribution in [2.45, 2.75) is 51.9 Å². The van der Waals surface area contributed by atoms with Gasteiger partial charge in [-0.3, -0.25) is 0 Å². The van der Waals surface area contributed by atoms with E-state index in [0.717, 1.165) is 12.0 Å². The zero-order chi connectivity index (χ0) is 18.9. The molecule has 3 rings (SSSR count). The Bertz CT molecular complexity index is 670. The van der Waals surface area contributed by atoms with E-state index in [1.165, 1.54) is 0 Å². The van der Waals surface area contributed by atoms with Crippen molar-refractivity contribution in [3.63, 3.8) is 0 Å². The topological polar surface area (TPSA) is 67.9 Å². The summed E-state index contributed by atoms with van der Waals surface area (Å²) in [6.45, 7) is 8.99. The number of ether oxygens (including phenoxy) is 2. The highest BCUT2D eigenvalue weighted by Crippen LogP contribution is 2.49. The number of fused-ring (bicyclic) bond motifs is 1. The molecule has 3 atom stereocenters. The van der Waals surface area contributed by atoms with Crippen LogP contribution in [0.25, 0.3) is 0 Å². The molecular formula is C20H28N2O4. The molecule has 1 N–H and O–H groups in total. The third kappa shape index (κ3) is 3.94. The molecule has 2 fully saturated rings. The van der Waals surface area contributed by atoms with Crippen LogP contribution < -0.4 is 5.32 Å². The number of benzene rings is 1. The van der Waals surface area contributed by atoms with Crippen LogP contribution in [0.15, 0.2) is 30.3 Å². The minimum Gasteiger partial charge on any atom is -0.445 e. The van der Waals surface area contributed by atoms with Crippen molar-refractivity contribution in [3.8, 4) is 0 Å². The number of hydrogen-bond donors (Lipinski definition) is 1. The van der Waals surface area contributed by atoms with E-state index >= 15 is 0 Å². The maximum Gasteiger partial charge on any atom is 0.410 e. The van der Waals surface area contributed by atoms with E-state index in [0.29, 0.717) is 19.0 Å². The zero-order valence-corrected chi connectivity index (χ0v) is 16.0. The molecule has 1 aliphatic carbocycles. The summed E-state index contributed by atoms with van der Waals surface area (Å²) >= 11 is 0. The molecule has 0 radical (unpaired) electrons. The molecule has 2 aliphatic rings. The molecule has 1 saturated carbocycles. The summed E-state index contributed by atoms with van der Waals surface area (Å²) in [4.78, 5) is 26.4. The molecule has 26 heavy (non-hydrogen) atoms. The average molecular weight is 360 g/mol. The molecule has 1 aliphatic heterocycles. The molecule has 0 bridgehead atoms. The molecule has 0 aromatic heterocycles. The van der Waals surface area contributed by atoms with Crippen LogP contribution in [0.3, 0.4) is 0 Å². The molecule has 6 nitrogen and oxygen atoms in total. The molecule has 0 unspecified atom stereocenters. The summed E-state index contributed by atoms with van der Waals surface area (Å²) in [6, 6.07) is 9.61. The van der Waals surface area contributed by atoms with Gasteiger partial charge in [0.2, 0.25) is 0 Å². The number of nitrogens with zero attached hydrogens (tertiary/aromatic N) is 1. The lowest BCUT2D eigenvalue weighted by atomic mass is 9.62. The summed E-state index contributed by atoms with van der Waals surface area (Å²) in [6.07, 6.45) is 0.0917. The highest BCUT2D eigenvalue weighted by atomic mass is 16.6. The Hall–Kier alpha value is -2.24. The second-order valence-electron chi connectivity index (χ2n) is 8.49. The van der Waals surface area contributed by atoms with Crippen molar-refractivity contribution in [1.82, 2.24) is 10.2 Å². The largest absolute Gasteiger partial charge is 0.445 e. The first kappa shape index (κ1) is 18.5. The fraction of sp³-hybridized carbons (Fsp3) is 0.600. The molecular weight excluding hydrogens is 332 g/mol. The number of alkyl carbamates (subject to hydrolysis) is 1. The quantitative estimate of drug-likeness (QED) is 0.895. The number of likely N-dealkylation sites (tertiary alicyclic amines) is 1. The predicted molar refractivity (Wildman–Crippen MR) is 97.6 cm³/mol. The fourth-order valence-corrected chi connectivity index (χ4v) is 4.07. The van der Waals surface area contributed by atoms with Gasteiger partial charge in [0.25, 0.3) is 0 Å². The van der Waals surface area contributed by atoms with Gasteiger partial charge in [-0.1, -0.05) is 37.3 Å². The number of amides is 2. The van der Waals surface area contributed by atoms with E-state index in [1.807, 2.05) is 51.1 Å². The molecule has 1 aromatic carbocycles. The Kier molecular flexibility index (Phi) is 4.86. The average Bonchev–Trinajstić information content (AvgIpc) is 2.84. The van der Waals surface area contributed by atoms with Gasteiger partial charge in [-0.05, 0) is 38.7 Å². The fourth-order valence-electron chi connectivity index (χ4n) is 4.07. The second-order valence-corrected chi connectivity index (χ2v) is 8.49. The third-order valence-corrected chi connectivity index (χ3v) is 5.19. The maximum absolute atomic E-state index is 12.5. The zero-order valence-electron chi connectivity index (χ0n) is 16.0. The van der Waals surface area contributed by atoms with Gasteiger partial charge in [0.1, 0.15) is 12.2 Å². The van der Waals surface area contributed by atoms with Gasteiger partial charge in [0.15, 0.2) is 0 Å². The van der Waals surface area contributed by atoms with Crippen LogP contribution >= 0.6 is 0 Å². The van der Waals surface area contributed by atoms with E-state index in [1.54, 1.807) is 4.90 Å². The van der Waals surface area contributed by atoms with Crippen molar-refractivity contribution >= 4 is 12.2 Å². The van der Waals surface area contributed by atoms with Crippen molar-refractivity contribution in [2.75, 3.05) is 13.1 Å². The summed E-state index contributed by atoms with van der Waals surface area (Å²) in [7, 11) is 0. The Balaban J connectivity index is 1.58. The summed E-state index contributed by atoms with van der Waals surface area (Å²) in [5.74, 6) is 0.691. The van der Waals surface area contributed by atoms with Crippen LogP contribution in [-0.4, -0.2) is 41.3 Å². The first-order chi connectivity index (χ1) is 12.2. The first-order valence-corrected chi connectivity index (χ1v) is 9.15. The lowest BCUT2D eigenvalue weighted by molar-refractivity contribution is 0.0172. The van der Waals surface area contributed by atoms with Crippen LogP contribution in [0.4, 0.5) is 9.59 Å². The monoisotopic (exact) mass is 360 g/mol. The van der Waals surface area contributed by atoms with Gasteiger partial charge in [-0.25, -0.2) is 9.59 Å². The highest BCUT2D eigenvalue weighted by Gasteiger charge is 2.59. The lowest BCUT2D eigenvalue weighted by Crippen LogP contribution is -2.64. The van der Waals surface area contributed by atoms with Crippen LogP contribution in [0.5, 0.6) is 0 Å². The van der Waals surface area contributed by atoms with E-state index in [9.17, 15) is 9.59 Å². The second kappa shape index (κ2) is 6.82. The lowest BCUT2D eigenvalue weighted by Gasteiger charge is -2.49. The summed E-state index contributed by atoms with van der Waals surface area (Å²) in [5, 5.41) is 3.03. The standard InChI is InChI=1S/C20H28N2O4/c1-14-10-20(21-17(23)26-19(2,3)4)13-22(11-16(14)20)18(24)25-12-15-8-6-5-7-9-15/h5-9,14,16H,10-13H2,1-4H3,(H,21,23)/t14-,16-,20+/m0/s1. The molecule has 0 spiro atoms. The van der Waals surface area contributed by atoms with Gasteiger partial charge in [0, 0.05) is 19.0 Å². The molecule has 1 aromatic rings. The first-order valence-electron chi connectivity index (χ1n) is 9.15. The predicted octanol–water partition coefficient (Wildman–Crippen LogP) is 3.56. The third-order valence-electron chi connectivity index (χ3n) is 5.19. The van der Waals surface area contributed by atoms with Crippen molar-refractivity contribution < 1.29 is 19.1 Å². The number of nitrogens with one attached hydrogen (secondary N) is 1. The van der Waals surface area contributed by atoms with Crippen LogP contribution in [-0.2, 0) is 16.1 Å². The number of rotatable bonds is 3. The van der Waals surface area contributed by atoms with Gasteiger partial charge in [0.05, 0.1) is 5.54 Å². The molecule has 142 valence electrons. The highest BCUT2D eigenvalue weighted by molar-refractivity contribution is 5.71. The molecule has 1 saturated heterocycles. The molecule has 2 amide bonds. The number of hydrogen-bond acceptors (Lipinski definition) is 4.